The zero-order chi connectivity index (χ0) is 12.8. The number of hydrogen-bond acceptors (Lipinski definition) is 3. The van der Waals surface area contributed by atoms with Gasteiger partial charge in [-0.05, 0) is 27.2 Å². The number of aromatic nitrogens is 2. The van der Waals surface area contributed by atoms with E-state index in [0.29, 0.717) is 12.1 Å². The fourth-order valence-electron chi connectivity index (χ4n) is 1.66. The van der Waals surface area contributed by atoms with Gasteiger partial charge in [-0.3, -0.25) is 4.21 Å². The van der Waals surface area contributed by atoms with Crippen LogP contribution in [0.15, 0.2) is 12.5 Å². The first kappa shape index (κ1) is 14.4. The van der Waals surface area contributed by atoms with E-state index in [-0.39, 0.29) is 0 Å². The lowest BCUT2D eigenvalue weighted by Crippen LogP contribution is -2.28. The Morgan fingerprint density at radius 3 is 2.76 bits per heavy atom. The molecule has 0 aliphatic carbocycles. The summed E-state index contributed by atoms with van der Waals surface area (Å²) in [5.41, 5.74) is 1.20. The molecule has 0 spiro atoms. The van der Waals surface area contributed by atoms with Gasteiger partial charge in [-0.1, -0.05) is 0 Å². The predicted octanol–water partition coefficient (Wildman–Crippen LogP) is 1.71. The minimum Gasteiger partial charge on any atom is -0.331 e. The molecule has 0 saturated heterocycles. The van der Waals surface area contributed by atoms with Crippen LogP contribution in [0.4, 0.5) is 0 Å². The number of nitrogens with zero attached hydrogens (tertiary/aromatic N) is 2. The second kappa shape index (κ2) is 6.91. The first-order valence-electron chi connectivity index (χ1n) is 6.04. The molecular formula is C12H23N3OS. The van der Waals surface area contributed by atoms with E-state index >= 15 is 0 Å². The maximum atomic E-state index is 11.0. The fraction of sp³-hybridized carbons (Fsp3) is 0.750. The highest BCUT2D eigenvalue weighted by Gasteiger charge is 2.07. The summed E-state index contributed by atoms with van der Waals surface area (Å²) in [4.78, 5) is 4.17. The average Bonchev–Trinajstić information content (AvgIpc) is 2.71. The molecule has 1 aromatic rings. The molecule has 0 amide bonds. The Morgan fingerprint density at radius 1 is 1.47 bits per heavy atom. The average molecular weight is 257 g/mol. The molecule has 1 N–H and O–H groups in total. The summed E-state index contributed by atoms with van der Waals surface area (Å²) in [5.74, 6) is 0.762. The van der Waals surface area contributed by atoms with Gasteiger partial charge in [-0.25, -0.2) is 4.98 Å². The van der Waals surface area contributed by atoms with E-state index in [0.717, 1.165) is 18.7 Å². The van der Waals surface area contributed by atoms with Gasteiger partial charge in [0.1, 0.15) is 0 Å². The lowest BCUT2D eigenvalue weighted by Gasteiger charge is -2.16. The van der Waals surface area contributed by atoms with Crippen molar-refractivity contribution in [3.05, 3.63) is 18.2 Å². The monoisotopic (exact) mass is 257 g/mol. The van der Waals surface area contributed by atoms with Crippen molar-refractivity contribution in [2.75, 3.05) is 12.0 Å². The first-order valence-corrected chi connectivity index (χ1v) is 7.77. The van der Waals surface area contributed by atoms with Crippen molar-refractivity contribution < 1.29 is 4.21 Å². The predicted molar refractivity (Wildman–Crippen MR) is 72.5 cm³/mol. The van der Waals surface area contributed by atoms with E-state index in [1.165, 1.54) is 5.69 Å². The minimum absolute atomic E-state index is 0.384. The van der Waals surface area contributed by atoms with Gasteiger partial charge in [-0.2, -0.15) is 0 Å². The molecule has 1 aromatic heterocycles. The fourth-order valence-corrected chi connectivity index (χ4v) is 2.34. The molecule has 0 aliphatic heterocycles. The van der Waals surface area contributed by atoms with Gasteiger partial charge in [0.2, 0.25) is 0 Å². The van der Waals surface area contributed by atoms with Gasteiger partial charge in [0.25, 0.3) is 0 Å². The molecule has 1 heterocycles. The van der Waals surface area contributed by atoms with Crippen LogP contribution in [0.5, 0.6) is 0 Å². The van der Waals surface area contributed by atoms with Crippen molar-refractivity contribution in [3.63, 3.8) is 0 Å². The van der Waals surface area contributed by atoms with Gasteiger partial charge in [0.15, 0.2) is 0 Å². The summed E-state index contributed by atoms with van der Waals surface area (Å²) < 4.78 is 13.2. The van der Waals surface area contributed by atoms with E-state index in [1.807, 2.05) is 12.5 Å². The van der Waals surface area contributed by atoms with Gasteiger partial charge in [-0.15, -0.1) is 0 Å². The summed E-state index contributed by atoms with van der Waals surface area (Å²) in [5, 5.41) is 3.44. The number of hydrogen-bond donors (Lipinski definition) is 1. The van der Waals surface area contributed by atoms with Crippen LogP contribution >= 0.6 is 0 Å². The smallest absolute Gasteiger partial charge is 0.0951 e. The summed E-state index contributed by atoms with van der Waals surface area (Å²) in [6.07, 6.45) is 6.46. The topological polar surface area (TPSA) is 46.9 Å². The highest BCUT2D eigenvalue weighted by molar-refractivity contribution is 7.84. The molecule has 0 bridgehead atoms. The van der Waals surface area contributed by atoms with Crippen LogP contribution in [0.1, 0.15) is 38.9 Å². The molecule has 0 fully saturated rings. The summed E-state index contributed by atoms with van der Waals surface area (Å²) >= 11 is 0. The standard InChI is InChI=1S/C12H23N3OS/c1-10(2)15-9-13-7-12(15)8-14-11(3)5-6-17(4)16/h7,9-11,14H,5-6,8H2,1-4H3. The van der Waals surface area contributed by atoms with E-state index in [1.54, 1.807) is 6.26 Å². The van der Waals surface area contributed by atoms with E-state index in [9.17, 15) is 4.21 Å². The van der Waals surface area contributed by atoms with Crippen molar-refractivity contribution in [2.45, 2.75) is 45.8 Å². The third-order valence-corrected chi connectivity index (χ3v) is 3.58. The normalized spacial score (nSPS) is 15.1. The Balaban J connectivity index is 2.39. The van der Waals surface area contributed by atoms with Gasteiger partial charge in [0, 0.05) is 47.6 Å². The molecule has 0 aliphatic rings. The number of imidazole rings is 1. The van der Waals surface area contributed by atoms with E-state index in [2.05, 4.69) is 35.6 Å². The third-order valence-electron chi connectivity index (χ3n) is 2.77. The Labute approximate surface area is 106 Å². The Bertz CT molecular complexity index is 362. The van der Waals surface area contributed by atoms with Crippen molar-refractivity contribution in [3.8, 4) is 0 Å². The van der Waals surface area contributed by atoms with E-state index in [4.69, 9.17) is 0 Å². The van der Waals surface area contributed by atoms with Crippen LogP contribution < -0.4 is 5.32 Å². The largest absolute Gasteiger partial charge is 0.331 e. The highest BCUT2D eigenvalue weighted by atomic mass is 32.2. The molecule has 0 aromatic carbocycles. The highest BCUT2D eigenvalue weighted by Crippen LogP contribution is 2.08. The van der Waals surface area contributed by atoms with Crippen LogP contribution in [0.3, 0.4) is 0 Å². The number of nitrogens with one attached hydrogen (secondary N) is 1. The van der Waals surface area contributed by atoms with Gasteiger partial charge >= 0.3 is 0 Å². The van der Waals surface area contributed by atoms with Crippen molar-refractivity contribution in [1.82, 2.24) is 14.9 Å². The lowest BCUT2D eigenvalue weighted by molar-refractivity contribution is 0.499. The molecule has 2 atom stereocenters. The molecule has 1 rings (SSSR count). The minimum atomic E-state index is -0.696. The molecular weight excluding hydrogens is 234 g/mol. The molecule has 98 valence electrons. The van der Waals surface area contributed by atoms with Crippen LogP contribution in [-0.4, -0.2) is 31.8 Å². The molecule has 2 unspecified atom stereocenters. The lowest BCUT2D eigenvalue weighted by atomic mass is 10.2. The summed E-state index contributed by atoms with van der Waals surface area (Å²) in [7, 11) is -0.696. The Kier molecular flexibility index (Phi) is 5.85. The third kappa shape index (κ3) is 5.00. The zero-order valence-electron chi connectivity index (χ0n) is 11.1. The Hall–Kier alpha value is -0.680. The van der Waals surface area contributed by atoms with Crippen molar-refractivity contribution >= 4 is 10.8 Å². The summed E-state index contributed by atoms with van der Waals surface area (Å²) in [6, 6.07) is 0.821. The van der Waals surface area contributed by atoms with Crippen LogP contribution in [0.25, 0.3) is 0 Å². The van der Waals surface area contributed by atoms with Crippen LogP contribution in [0, 0.1) is 0 Å². The SMILES string of the molecule is CC(CCS(C)=O)NCc1cncn1C(C)C. The maximum Gasteiger partial charge on any atom is 0.0951 e. The molecule has 5 heteroatoms. The Morgan fingerprint density at radius 2 is 2.18 bits per heavy atom. The molecule has 0 radical (unpaired) electrons. The zero-order valence-corrected chi connectivity index (χ0v) is 12.0. The molecule has 0 saturated carbocycles. The molecule has 4 nitrogen and oxygen atoms in total. The van der Waals surface area contributed by atoms with E-state index < -0.39 is 10.8 Å². The number of rotatable bonds is 7. The van der Waals surface area contributed by atoms with Crippen molar-refractivity contribution in [2.24, 2.45) is 0 Å². The summed E-state index contributed by atoms with van der Waals surface area (Å²) in [6.45, 7) is 7.24. The van der Waals surface area contributed by atoms with Crippen LogP contribution in [0.2, 0.25) is 0 Å². The second-order valence-corrected chi connectivity index (χ2v) is 6.29. The second-order valence-electron chi connectivity index (χ2n) is 4.73. The quantitative estimate of drug-likeness (QED) is 0.809. The first-order chi connectivity index (χ1) is 8.00. The van der Waals surface area contributed by atoms with Crippen LogP contribution in [-0.2, 0) is 17.3 Å². The van der Waals surface area contributed by atoms with Gasteiger partial charge < -0.3 is 9.88 Å². The van der Waals surface area contributed by atoms with Gasteiger partial charge in [0.05, 0.1) is 12.0 Å². The molecule has 17 heavy (non-hydrogen) atoms. The maximum absolute atomic E-state index is 11.0. The van der Waals surface area contributed by atoms with Crippen molar-refractivity contribution in [1.29, 1.82) is 0 Å².